The van der Waals surface area contributed by atoms with Crippen molar-refractivity contribution in [1.82, 2.24) is 4.90 Å². The number of halogens is 1. The van der Waals surface area contributed by atoms with E-state index in [0.29, 0.717) is 11.0 Å². The molecule has 0 N–H and O–H groups in total. The highest BCUT2D eigenvalue weighted by Crippen LogP contribution is 2.09. The summed E-state index contributed by atoms with van der Waals surface area (Å²) in [7, 11) is 5.69. The molecule has 2 rings (SSSR count). The average molecular weight is 229 g/mol. The first-order chi connectivity index (χ1) is 8.16. The molecule has 1 saturated heterocycles. The minimum Gasteiger partial charge on any atom is -0.339 e. The second kappa shape index (κ2) is 5.17. The van der Waals surface area contributed by atoms with Crippen LogP contribution in [0, 0.1) is 5.82 Å². The number of benzene rings is 1. The van der Waals surface area contributed by atoms with Crippen LogP contribution >= 0.6 is 0 Å². The largest absolute Gasteiger partial charge is 0.339 e. The lowest BCUT2D eigenvalue weighted by molar-refractivity contribution is -0.124. The lowest BCUT2D eigenvalue weighted by Gasteiger charge is -2.11. The van der Waals surface area contributed by atoms with E-state index in [2.05, 4.69) is 0 Å². The molecule has 17 heavy (non-hydrogen) atoms. The zero-order valence-electron chi connectivity index (χ0n) is 9.53. The van der Waals surface area contributed by atoms with E-state index in [4.69, 9.17) is 7.85 Å². The number of amides is 1. The lowest BCUT2D eigenvalue weighted by Crippen LogP contribution is -2.25. The van der Waals surface area contributed by atoms with Gasteiger partial charge in [-0.1, -0.05) is 17.6 Å². The molecule has 1 fully saturated rings. The van der Waals surface area contributed by atoms with Crippen LogP contribution in [0.25, 0.3) is 6.08 Å². The Bertz CT molecular complexity index is 453. The second-order valence-corrected chi connectivity index (χ2v) is 4.14. The van der Waals surface area contributed by atoms with Gasteiger partial charge in [0.15, 0.2) is 0 Å². The number of carbonyl (C=O) groups is 1. The quantitative estimate of drug-likeness (QED) is 0.552. The van der Waals surface area contributed by atoms with Gasteiger partial charge in [0.1, 0.15) is 13.7 Å². The molecule has 0 spiro atoms. The average Bonchev–Trinajstić information content (AvgIpc) is 2.83. The third kappa shape index (κ3) is 2.96. The third-order valence-electron chi connectivity index (χ3n) is 2.87. The van der Waals surface area contributed by atoms with Gasteiger partial charge in [-0.3, -0.25) is 4.79 Å². The number of nitrogens with zero attached hydrogens (tertiary/aromatic N) is 1. The van der Waals surface area contributed by atoms with E-state index < -0.39 is 0 Å². The summed E-state index contributed by atoms with van der Waals surface area (Å²) in [5.74, 6) is -0.390. The zero-order valence-corrected chi connectivity index (χ0v) is 9.53. The summed E-state index contributed by atoms with van der Waals surface area (Å²) in [5.41, 5.74) is 1.01. The van der Waals surface area contributed by atoms with Crippen molar-refractivity contribution in [2.45, 2.75) is 12.8 Å². The molecule has 1 amide bonds. The van der Waals surface area contributed by atoms with E-state index in [0.717, 1.165) is 25.9 Å². The Hall–Kier alpha value is -1.58. The van der Waals surface area contributed by atoms with Gasteiger partial charge in [-0.25, -0.2) is 4.39 Å². The third-order valence-corrected chi connectivity index (χ3v) is 2.87. The Morgan fingerprint density at radius 1 is 1.35 bits per heavy atom. The summed E-state index contributed by atoms with van der Waals surface area (Å²) in [6.45, 7) is 1.61. The van der Waals surface area contributed by atoms with Crippen molar-refractivity contribution >= 4 is 25.3 Å². The van der Waals surface area contributed by atoms with Crippen molar-refractivity contribution in [3.63, 3.8) is 0 Å². The molecule has 1 aliphatic rings. The molecule has 1 aliphatic heterocycles. The van der Waals surface area contributed by atoms with Crippen LogP contribution in [0.5, 0.6) is 0 Å². The summed E-state index contributed by atoms with van der Waals surface area (Å²) in [6.07, 6.45) is 5.14. The van der Waals surface area contributed by atoms with Gasteiger partial charge < -0.3 is 4.90 Å². The number of likely N-dealkylation sites (tertiary alicyclic amines) is 1. The van der Waals surface area contributed by atoms with Gasteiger partial charge in [0.25, 0.3) is 0 Å². The van der Waals surface area contributed by atoms with Crippen LogP contribution in [0.1, 0.15) is 18.4 Å². The molecule has 0 bridgehead atoms. The molecule has 4 heteroatoms. The monoisotopic (exact) mass is 229 g/mol. The number of hydrogen-bond donors (Lipinski definition) is 0. The Morgan fingerprint density at radius 2 is 2.06 bits per heavy atom. The SMILES string of the molecule is [B]c1ccc(F)cc1/C=C/C(=O)N1CCCC1. The van der Waals surface area contributed by atoms with Crippen molar-refractivity contribution in [3.05, 3.63) is 35.7 Å². The highest BCUT2D eigenvalue weighted by Gasteiger charge is 2.14. The predicted octanol–water partition coefficient (Wildman–Crippen LogP) is 1.26. The Balaban J connectivity index is 2.08. The van der Waals surface area contributed by atoms with Gasteiger partial charge in [-0.15, -0.1) is 0 Å². The molecule has 0 unspecified atom stereocenters. The maximum absolute atomic E-state index is 13.0. The van der Waals surface area contributed by atoms with Gasteiger partial charge in [0.05, 0.1) is 0 Å². The fourth-order valence-corrected chi connectivity index (χ4v) is 1.89. The van der Waals surface area contributed by atoms with E-state index in [9.17, 15) is 9.18 Å². The zero-order chi connectivity index (χ0) is 12.3. The predicted molar refractivity (Wildman–Crippen MR) is 66.6 cm³/mol. The second-order valence-electron chi connectivity index (χ2n) is 4.14. The van der Waals surface area contributed by atoms with Gasteiger partial charge in [-0.2, -0.15) is 0 Å². The minimum atomic E-state index is -0.354. The molecule has 86 valence electrons. The minimum absolute atomic E-state index is 0.0360. The lowest BCUT2D eigenvalue weighted by atomic mass is 9.90. The summed E-state index contributed by atoms with van der Waals surface area (Å²) in [4.78, 5) is 13.5. The summed E-state index contributed by atoms with van der Waals surface area (Å²) < 4.78 is 13.0. The molecule has 0 aliphatic carbocycles. The van der Waals surface area contributed by atoms with Crippen LogP contribution in [0.3, 0.4) is 0 Å². The standard InChI is InChI=1S/C13H13BFNO/c14-12-5-4-11(15)9-10(12)3-6-13(17)16-7-1-2-8-16/h3-6,9H,1-2,7-8H2/b6-3+. The normalized spacial score (nSPS) is 15.7. The Kier molecular flexibility index (Phi) is 3.62. The molecule has 0 saturated carbocycles. The molecule has 2 nitrogen and oxygen atoms in total. The first-order valence-electron chi connectivity index (χ1n) is 5.69. The summed E-state index contributed by atoms with van der Waals surface area (Å²) >= 11 is 0. The smallest absolute Gasteiger partial charge is 0.246 e. The number of hydrogen-bond acceptors (Lipinski definition) is 1. The van der Waals surface area contributed by atoms with Gasteiger partial charge in [0, 0.05) is 19.2 Å². The maximum Gasteiger partial charge on any atom is 0.246 e. The van der Waals surface area contributed by atoms with Crippen molar-refractivity contribution in [3.8, 4) is 0 Å². The van der Waals surface area contributed by atoms with Crippen molar-refractivity contribution < 1.29 is 9.18 Å². The van der Waals surface area contributed by atoms with Crippen LogP contribution in [-0.4, -0.2) is 31.7 Å². The topological polar surface area (TPSA) is 20.3 Å². The van der Waals surface area contributed by atoms with E-state index >= 15 is 0 Å². The molecule has 1 heterocycles. The van der Waals surface area contributed by atoms with Gasteiger partial charge in [-0.05, 0) is 30.5 Å². The first-order valence-corrected chi connectivity index (χ1v) is 5.69. The Morgan fingerprint density at radius 3 is 2.76 bits per heavy atom. The maximum atomic E-state index is 13.0. The van der Waals surface area contributed by atoms with Crippen molar-refractivity contribution in [2.75, 3.05) is 13.1 Å². The molecule has 0 aromatic heterocycles. The Labute approximate surface area is 102 Å². The highest BCUT2D eigenvalue weighted by molar-refractivity contribution is 6.34. The molecule has 2 radical (unpaired) electrons. The van der Waals surface area contributed by atoms with Crippen LogP contribution in [0.15, 0.2) is 24.3 Å². The number of carbonyl (C=O) groups excluding carboxylic acids is 1. The number of rotatable bonds is 2. The van der Waals surface area contributed by atoms with Gasteiger partial charge >= 0.3 is 0 Å². The van der Waals surface area contributed by atoms with Gasteiger partial charge in [0.2, 0.25) is 5.91 Å². The molecular weight excluding hydrogens is 216 g/mol. The van der Waals surface area contributed by atoms with Crippen LogP contribution in [-0.2, 0) is 4.79 Å². The van der Waals surface area contributed by atoms with Crippen molar-refractivity contribution in [2.24, 2.45) is 0 Å². The van der Waals surface area contributed by atoms with E-state index in [1.807, 2.05) is 0 Å². The van der Waals surface area contributed by atoms with E-state index in [1.54, 1.807) is 11.0 Å². The first kappa shape index (κ1) is 11.9. The molecule has 0 atom stereocenters. The fourth-order valence-electron chi connectivity index (χ4n) is 1.89. The van der Waals surface area contributed by atoms with Crippen LogP contribution in [0.4, 0.5) is 4.39 Å². The van der Waals surface area contributed by atoms with Crippen LogP contribution in [0.2, 0.25) is 0 Å². The van der Waals surface area contributed by atoms with E-state index in [-0.39, 0.29) is 11.7 Å². The summed E-state index contributed by atoms with van der Waals surface area (Å²) in [6, 6.07) is 4.12. The van der Waals surface area contributed by atoms with E-state index in [1.165, 1.54) is 24.3 Å². The molecular formula is C13H13BFNO. The van der Waals surface area contributed by atoms with Crippen molar-refractivity contribution in [1.29, 1.82) is 0 Å². The molecule has 1 aromatic carbocycles. The van der Waals surface area contributed by atoms with Crippen LogP contribution < -0.4 is 5.46 Å². The highest BCUT2D eigenvalue weighted by atomic mass is 19.1. The fraction of sp³-hybridized carbons (Fsp3) is 0.308. The molecule has 1 aromatic rings. The summed E-state index contributed by atoms with van der Waals surface area (Å²) in [5, 5.41) is 0.